The Hall–Kier alpha value is -2.01. The molecule has 5 heteroatoms. The van der Waals surface area contributed by atoms with Gasteiger partial charge in [-0.1, -0.05) is 22.0 Å². The summed E-state index contributed by atoms with van der Waals surface area (Å²) in [6.45, 7) is 4.60. The monoisotopic (exact) mass is 376 g/mol. The van der Waals surface area contributed by atoms with Gasteiger partial charge in [0.15, 0.2) is 0 Å². The Balaban J connectivity index is 1.87. The molecule has 0 saturated heterocycles. The Bertz CT molecular complexity index is 701. The molecule has 0 aromatic heterocycles. The van der Waals surface area contributed by atoms with Gasteiger partial charge in [-0.3, -0.25) is 0 Å². The molecule has 0 aliphatic carbocycles. The predicted molar refractivity (Wildman–Crippen MR) is 97.3 cm³/mol. The second-order valence-corrected chi connectivity index (χ2v) is 6.30. The first kappa shape index (κ1) is 17.3. The molecule has 0 bridgehead atoms. The zero-order chi connectivity index (χ0) is 16.8. The third kappa shape index (κ3) is 4.99. The van der Waals surface area contributed by atoms with Gasteiger partial charge in [0.1, 0.15) is 5.75 Å². The Morgan fingerprint density at radius 2 is 1.91 bits per heavy atom. The van der Waals surface area contributed by atoms with Gasteiger partial charge in [0.2, 0.25) is 0 Å². The number of methoxy groups -OCH3 is 1. The SMILES string of the molecule is COc1ccc(Br)cc1CCNC(=O)Nc1ccc(C)c(C)c1. The highest BCUT2D eigenvalue weighted by Crippen LogP contribution is 2.23. The lowest BCUT2D eigenvalue weighted by molar-refractivity contribution is 0.252. The van der Waals surface area contributed by atoms with Crippen molar-refractivity contribution in [3.8, 4) is 5.75 Å². The third-order valence-corrected chi connectivity index (χ3v) is 4.18. The van der Waals surface area contributed by atoms with Crippen LogP contribution in [0.15, 0.2) is 40.9 Å². The second kappa shape index (κ2) is 8.02. The number of ether oxygens (including phenoxy) is 1. The largest absolute Gasteiger partial charge is 0.496 e. The number of carbonyl (C=O) groups excluding carboxylic acids is 1. The number of nitrogens with one attached hydrogen (secondary N) is 2. The van der Waals surface area contributed by atoms with Gasteiger partial charge in [0, 0.05) is 16.7 Å². The van der Waals surface area contributed by atoms with E-state index in [0.29, 0.717) is 13.0 Å². The molecular weight excluding hydrogens is 356 g/mol. The van der Waals surface area contributed by atoms with Gasteiger partial charge in [0.05, 0.1) is 7.11 Å². The van der Waals surface area contributed by atoms with E-state index < -0.39 is 0 Å². The Morgan fingerprint density at radius 3 is 2.61 bits per heavy atom. The number of benzene rings is 2. The molecule has 2 aromatic rings. The van der Waals surface area contributed by atoms with Crippen molar-refractivity contribution in [1.82, 2.24) is 5.32 Å². The standard InChI is InChI=1S/C18H21BrN2O2/c1-12-4-6-16(10-13(12)2)21-18(22)20-9-8-14-11-15(19)5-7-17(14)23-3/h4-7,10-11H,8-9H2,1-3H3,(H2,20,21,22). The van der Waals surface area contributed by atoms with Crippen LogP contribution in [0.1, 0.15) is 16.7 Å². The third-order valence-electron chi connectivity index (χ3n) is 3.69. The first-order valence-corrected chi connectivity index (χ1v) is 8.23. The molecule has 0 atom stereocenters. The van der Waals surface area contributed by atoms with E-state index in [1.54, 1.807) is 7.11 Å². The minimum absolute atomic E-state index is 0.206. The van der Waals surface area contributed by atoms with Crippen molar-refractivity contribution in [2.75, 3.05) is 19.0 Å². The molecule has 4 nitrogen and oxygen atoms in total. The van der Waals surface area contributed by atoms with Crippen LogP contribution < -0.4 is 15.4 Å². The second-order valence-electron chi connectivity index (χ2n) is 5.39. The number of urea groups is 1. The topological polar surface area (TPSA) is 50.4 Å². The van der Waals surface area contributed by atoms with Crippen molar-refractivity contribution >= 4 is 27.6 Å². The summed E-state index contributed by atoms with van der Waals surface area (Å²) in [6.07, 6.45) is 0.697. The van der Waals surface area contributed by atoms with Crippen molar-refractivity contribution < 1.29 is 9.53 Å². The van der Waals surface area contributed by atoms with Gasteiger partial charge in [-0.05, 0) is 67.3 Å². The van der Waals surface area contributed by atoms with E-state index in [1.807, 2.05) is 50.2 Å². The van der Waals surface area contributed by atoms with Crippen molar-refractivity contribution in [2.45, 2.75) is 20.3 Å². The first-order valence-electron chi connectivity index (χ1n) is 7.44. The number of anilines is 1. The highest BCUT2D eigenvalue weighted by Gasteiger charge is 2.06. The van der Waals surface area contributed by atoms with Crippen LogP contribution in [0, 0.1) is 13.8 Å². The summed E-state index contributed by atoms with van der Waals surface area (Å²) in [4.78, 5) is 12.0. The van der Waals surface area contributed by atoms with Gasteiger partial charge in [-0.15, -0.1) is 0 Å². The summed E-state index contributed by atoms with van der Waals surface area (Å²) in [5.74, 6) is 0.824. The molecule has 23 heavy (non-hydrogen) atoms. The molecule has 0 fully saturated rings. The highest BCUT2D eigenvalue weighted by molar-refractivity contribution is 9.10. The average Bonchev–Trinajstić information content (AvgIpc) is 2.51. The lowest BCUT2D eigenvalue weighted by Crippen LogP contribution is -2.30. The first-order chi connectivity index (χ1) is 11.0. The van der Waals surface area contributed by atoms with Crippen LogP contribution in [0.2, 0.25) is 0 Å². The number of carbonyl (C=O) groups is 1. The highest BCUT2D eigenvalue weighted by atomic mass is 79.9. The van der Waals surface area contributed by atoms with Crippen molar-refractivity contribution in [3.63, 3.8) is 0 Å². The van der Waals surface area contributed by atoms with Gasteiger partial charge >= 0.3 is 6.03 Å². The molecule has 0 aliphatic rings. The fraction of sp³-hybridized carbons (Fsp3) is 0.278. The normalized spacial score (nSPS) is 10.3. The van der Waals surface area contributed by atoms with Gasteiger partial charge in [-0.2, -0.15) is 0 Å². The zero-order valence-corrected chi connectivity index (χ0v) is 15.2. The maximum atomic E-state index is 12.0. The maximum absolute atomic E-state index is 12.0. The fourth-order valence-electron chi connectivity index (χ4n) is 2.25. The molecule has 0 radical (unpaired) electrons. The van der Waals surface area contributed by atoms with Crippen LogP contribution in [-0.2, 0) is 6.42 Å². The summed E-state index contributed by atoms with van der Waals surface area (Å²) < 4.78 is 6.32. The lowest BCUT2D eigenvalue weighted by Gasteiger charge is -2.11. The van der Waals surface area contributed by atoms with Crippen LogP contribution >= 0.6 is 15.9 Å². The molecule has 0 heterocycles. The number of hydrogen-bond donors (Lipinski definition) is 2. The zero-order valence-electron chi connectivity index (χ0n) is 13.6. The minimum atomic E-state index is -0.206. The maximum Gasteiger partial charge on any atom is 0.319 e. The molecule has 2 aromatic carbocycles. The van der Waals surface area contributed by atoms with Gasteiger partial charge in [-0.25, -0.2) is 4.79 Å². The quantitative estimate of drug-likeness (QED) is 0.810. The Labute approximate surface area is 145 Å². The van der Waals surface area contributed by atoms with Crippen LogP contribution in [-0.4, -0.2) is 19.7 Å². The van der Waals surface area contributed by atoms with Crippen molar-refractivity contribution in [3.05, 3.63) is 57.6 Å². The summed E-state index contributed by atoms with van der Waals surface area (Å²) in [6, 6.07) is 11.5. The van der Waals surface area contributed by atoms with E-state index in [4.69, 9.17) is 4.74 Å². The van der Waals surface area contributed by atoms with Crippen molar-refractivity contribution in [1.29, 1.82) is 0 Å². The molecule has 2 rings (SSSR count). The molecule has 0 spiro atoms. The molecular formula is C18H21BrN2O2. The van der Waals surface area contributed by atoms with Crippen LogP contribution in [0.3, 0.4) is 0 Å². The van der Waals surface area contributed by atoms with Gasteiger partial charge in [0.25, 0.3) is 0 Å². The smallest absolute Gasteiger partial charge is 0.319 e. The molecule has 0 saturated carbocycles. The number of aryl methyl sites for hydroxylation is 2. The Morgan fingerprint density at radius 1 is 1.13 bits per heavy atom. The van der Waals surface area contributed by atoms with Crippen LogP contribution in [0.4, 0.5) is 10.5 Å². The van der Waals surface area contributed by atoms with Gasteiger partial charge < -0.3 is 15.4 Å². The van der Waals surface area contributed by atoms with E-state index in [0.717, 1.165) is 27.0 Å². The van der Waals surface area contributed by atoms with E-state index in [1.165, 1.54) is 5.56 Å². The van der Waals surface area contributed by atoms with E-state index in [-0.39, 0.29) is 6.03 Å². The summed E-state index contributed by atoms with van der Waals surface area (Å²) >= 11 is 3.45. The summed E-state index contributed by atoms with van der Waals surface area (Å²) in [5, 5.41) is 5.71. The number of rotatable bonds is 5. The predicted octanol–water partition coefficient (Wildman–Crippen LogP) is 4.44. The Kier molecular flexibility index (Phi) is 6.04. The minimum Gasteiger partial charge on any atom is -0.496 e. The molecule has 0 unspecified atom stereocenters. The number of amides is 2. The van der Waals surface area contributed by atoms with E-state index in [9.17, 15) is 4.79 Å². The summed E-state index contributed by atoms with van der Waals surface area (Å²) in [5.41, 5.74) is 4.21. The number of halogens is 1. The lowest BCUT2D eigenvalue weighted by atomic mass is 10.1. The summed E-state index contributed by atoms with van der Waals surface area (Å²) in [7, 11) is 1.65. The van der Waals surface area contributed by atoms with E-state index >= 15 is 0 Å². The fourth-order valence-corrected chi connectivity index (χ4v) is 2.66. The molecule has 0 aliphatic heterocycles. The van der Waals surface area contributed by atoms with E-state index in [2.05, 4.69) is 26.6 Å². The number of hydrogen-bond acceptors (Lipinski definition) is 2. The molecule has 2 amide bonds. The average molecular weight is 377 g/mol. The van der Waals surface area contributed by atoms with Crippen LogP contribution in [0.25, 0.3) is 0 Å². The van der Waals surface area contributed by atoms with Crippen LogP contribution in [0.5, 0.6) is 5.75 Å². The molecule has 2 N–H and O–H groups in total. The van der Waals surface area contributed by atoms with Crippen molar-refractivity contribution in [2.24, 2.45) is 0 Å². The molecule has 122 valence electrons.